The van der Waals surface area contributed by atoms with E-state index in [1.807, 2.05) is 6.07 Å². The van der Waals surface area contributed by atoms with E-state index in [0.717, 1.165) is 42.9 Å². The van der Waals surface area contributed by atoms with Crippen LogP contribution in [0.2, 0.25) is 0 Å². The highest BCUT2D eigenvalue weighted by atomic mass is 19.1. The Bertz CT molecular complexity index is 1260. The van der Waals surface area contributed by atoms with Crippen molar-refractivity contribution in [2.75, 3.05) is 43.5 Å². The molecule has 5 heterocycles. The van der Waals surface area contributed by atoms with E-state index in [0.29, 0.717) is 22.9 Å². The van der Waals surface area contributed by atoms with Gasteiger partial charge in [-0.05, 0) is 24.3 Å². The lowest BCUT2D eigenvalue weighted by atomic mass is 10.2. The van der Waals surface area contributed by atoms with Crippen molar-refractivity contribution in [2.24, 2.45) is 0 Å². The molecule has 0 amide bonds. The Balaban J connectivity index is 1.59. The number of hydrogen-bond donors (Lipinski definition) is 2. The van der Waals surface area contributed by atoms with Crippen LogP contribution >= 0.6 is 0 Å². The van der Waals surface area contributed by atoms with E-state index in [2.05, 4.69) is 30.5 Å². The van der Waals surface area contributed by atoms with Gasteiger partial charge in [-0.15, -0.1) is 0 Å². The zero-order valence-corrected chi connectivity index (χ0v) is 17.4. The summed E-state index contributed by atoms with van der Waals surface area (Å²) in [7, 11) is 1.62. The summed E-state index contributed by atoms with van der Waals surface area (Å²) in [6, 6.07) is 6.86. The third kappa shape index (κ3) is 3.87. The largest absolute Gasteiger partial charge is 0.494 e. The highest BCUT2D eigenvalue weighted by molar-refractivity contribution is 5.95. The molecule has 1 saturated heterocycles. The summed E-state index contributed by atoms with van der Waals surface area (Å²) in [5, 5.41) is 7.15. The molecule has 4 aromatic heterocycles. The number of rotatable bonds is 5. The molecule has 4 aromatic rings. The SMILES string of the molecule is COc1cncc2nc(-c3ccnc(Nc4cccnc4F)c3)nc(N3CCNCC3)c12. The topological polar surface area (TPSA) is 101 Å². The van der Waals surface area contributed by atoms with Crippen molar-refractivity contribution in [1.82, 2.24) is 30.2 Å². The third-order valence-corrected chi connectivity index (χ3v) is 5.23. The number of hydrogen-bond acceptors (Lipinski definition) is 9. The molecule has 0 aliphatic carbocycles. The van der Waals surface area contributed by atoms with Gasteiger partial charge in [0.15, 0.2) is 5.82 Å². The molecule has 1 aliphatic rings. The smallest absolute Gasteiger partial charge is 0.236 e. The molecule has 0 unspecified atom stereocenters. The maximum absolute atomic E-state index is 13.9. The number of halogens is 1. The summed E-state index contributed by atoms with van der Waals surface area (Å²) >= 11 is 0. The highest BCUT2D eigenvalue weighted by Crippen LogP contribution is 2.34. The summed E-state index contributed by atoms with van der Waals surface area (Å²) in [6.07, 6.45) is 6.41. The van der Waals surface area contributed by atoms with E-state index in [1.54, 1.807) is 43.9 Å². The third-order valence-electron chi connectivity index (χ3n) is 5.23. The Morgan fingerprint density at radius 2 is 1.97 bits per heavy atom. The van der Waals surface area contributed by atoms with Crippen LogP contribution in [0.25, 0.3) is 22.3 Å². The second kappa shape index (κ2) is 8.67. The van der Waals surface area contributed by atoms with Crippen LogP contribution in [0.5, 0.6) is 5.75 Å². The van der Waals surface area contributed by atoms with Crippen LogP contribution < -0.4 is 20.3 Å². The van der Waals surface area contributed by atoms with Gasteiger partial charge < -0.3 is 20.3 Å². The van der Waals surface area contributed by atoms with Gasteiger partial charge in [0.05, 0.1) is 36.1 Å². The van der Waals surface area contributed by atoms with Gasteiger partial charge in [0.25, 0.3) is 0 Å². The number of piperazine rings is 1. The van der Waals surface area contributed by atoms with Crippen molar-refractivity contribution >= 4 is 28.2 Å². The summed E-state index contributed by atoms with van der Waals surface area (Å²) in [6.45, 7) is 3.38. The quantitative estimate of drug-likeness (QED) is 0.461. The molecule has 2 N–H and O–H groups in total. The first-order chi connectivity index (χ1) is 15.7. The van der Waals surface area contributed by atoms with E-state index in [1.165, 1.54) is 6.20 Å². The van der Waals surface area contributed by atoms with Crippen LogP contribution in [0.4, 0.5) is 21.7 Å². The first kappa shape index (κ1) is 20.0. The van der Waals surface area contributed by atoms with E-state index in [-0.39, 0.29) is 5.69 Å². The Labute approximate surface area is 183 Å². The number of pyridine rings is 3. The van der Waals surface area contributed by atoms with Crippen LogP contribution in [0.3, 0.4) is 0 Å². The molecule has 0 bridgehead atoms. The molecule has 0 saturated carbocycles. The maximum atomic E-state index is 13.9. The molecule has 9 nitrogen and oxygen atoms in total. The number of fused-ring (bicyclic) bond motifs is 1. The zero-order chi connectivity index (χ0) is 21.9. The molecule has 0 radical (unpaired) electrons. The summed E-state index contributed by atoms with van der Waals surface area (Å²) in [5.74, 6) is 1.83. The molecular weight excluding hydrogens is 411 g/mol. The monoisotopic (exact) mass is 432 g/mol. The van der Waals surface area contributed by atoms with Crippen molar-refractivity contribution in [3.63, 3.8) is 0 Å². The molecule has 10 heteroatoms. The van der Waals surface area contributed by atoms with E-state index in [9.17, 15) is 4.39 Å². The second-order valence-electron chi connectivity index (χ2n) is 7.24. The van der Waals surface area contributed by atoms with Crippen LogP contribution in [-0.2, 0) is 0 Å². The molecule has 5 rings (SSSR count). The molecule has 32 heavy (non-hydrogen) atoms. The minimum Gasteiger partial charge on any atom is -0.494 e. The second-order valence-corrected chi connectivity index (χ2v) is 7.24. The van der Waals surface area contributed by atoms with Gasteiger partial charge in [-0.3, -0.25) is 4.98 Å². The average Bonchev–Trinajstić information content (AvgIpc) is 2.85. The van der Waals surface area contributed by atoms with Gasteiger partial charge in [-0.1, -0.05) is 0 Å². The molecule has 0 spiro atoms. The van der Waals surface area contributed by atoms with Crippen molar-refractivity contribution in [2.45, 2.75) is 0 Å². The molecular formula is C22H21FN8O. The Morgan fingerprint density at radius 1 is 1.09 bits per heavy atom. The van der Waals surface area contributed by atoms with Gasteiger partial charge in [0.1, 0.15) is 17.4 Å². The van der Waals surface area contributed by atoms with E-state index in [4.69, 9.17) is 14.7 Å². The summed E-state index contributed by atoms with van der Waals surface area (Å²) < 4.78 is 19.5. The van der Waals surface area contributed by atoms with Crippen molar-refractivity contribution in [1.29, 1.82) is 0 Å². The van der Waals surface area contributed by atoms with Crippen LogP contribution in [0.15, 0.2) is 49.1 Å². The first-order valence-corrected chi connectivity index (χ1v) is 10.2. The molecule has 0 atom stereocenters. The minimum atomic E-state index is -0.596. The predicted molar refractivity (Wildman–Crippen MR) is 120 cm³/mol. The van der Waals surface area contributed by atoms with Crippen molar-refractivity contribution in [3.8, 4) is 17.1 Å². The van der Waals surface area contributed by atoms with E-state index < -0.39 is 5.95 Å². The van der Waals surface area contributed by atoms with E-state index >= 15 is 0 Å². The zero-order valence-electron chi connectivity index (χ0n) is 17.4. The molecule has 1 aliphatic heterocycles. The molecule has 162 valence electrons. The van der Waals surface area contributed by atoms with Gasteiger partial charge >= 0.3 is 0 Å². The van der Waals surface area contributed by atoms with Gasteiger partial charge in [-0.25, -0.2) is 19.9 Å². The Morgan fingerprint density at radius 3 is 2.78 bits per heavy atom. The standard InChI is InChI=1S/C22H21FN8O/c1-32-17-13-25-12-16-19(17)22(31-9-7-24-8-10-31)30-21(29-16)14-4-6-26-18(11-14)28-15-3-2-5-27-20(15)23/h2-6,11-13,24H,7-10H2,1H3,(H,26,28). The number of ether oxygens (including phenoxy) is 1. The number of methoxy groups -OCH3 is 1. The molecule has 0 aromatic carbocycles. The Hall–Kier alpha value is -3.92. The van der Waals surface area contributed by atoms with Crippen molar-refractivity contribution in [3.05, 3.63) is 55.0 Å². The van der Waals surface area contributed by atoms with Crippen LogP contribution in [0, 0.1) is 5.95 Å². The fourth-order valence-electron chi connectivity index (χ4n) is 3.68. The average molecular weight is 432 g/mol. The molecule has 1 fully saturated rings. The van der Waals surface area contributed by atoms with Gasteiger partial charge in [0, 0.05) is 44.1 Å². The van der Waals surface area contributed by atoms with Gasteiger partial charge in [-0.2, -0.15) is 4.39 Å². The normalized spacial score (nSPS) is 13.9. The first-order valence-electron chi connectivity index (χ1n) is 10.2. The fourth-order valence-corrected chi connectivity index (χ4v) is 3.68. The number of anilines is 3. The fraction of sp³-hybridized carbons (Fsp3) is 0.227. The predicted octanol–water partition coefficient (Wildman–Crippen LogP) is 2.78. The van der Waals surface area contributed by atoms with Crippen molar-refractivity contribution < 1.29 is 9.13 Å². The number of nitrogens with zero attached hydrogens (tertiary/aromatic N) is 6. The lowest BCUT2D eigenvalue weighted by Crippen LogP contribution is -2.44. The van der Waals surface area contributed by atoms with Crippen LogP contribution in [0.1, 0.15) is 0 Å². The lowest BCUT2D eigenvalue weighted by Gasteiger charge is -2.29. The lowest BCUT2D eigenvalue weighted by molar-refractivity contribution is 0.418. The Kier molecular flexibility index (Phi) is 5.42. The number of aromatic nitrogens is 5. The van der Waals surface area contributed by atoms with Gasteiger partial charge in [0.2, 0.25) is 5.95 Å². The highest BCUT2D eigenvalue weighted by Gasteiger charge is 2.20. The minimum absolute atomic E-state index is 0.243. The number of nitrogens with one attached hydrogen (secondary N) is 2. The summed E-state index contributed by atoms with van der Waals surface area (Å²) in [5.41, 5.74) is 1.67. The maximum Gasteiger partial charge on any atom is 0.236 e. The van der Waals surface area contributed by atoms with Crippen LogP contribution in [-0.4, -0.2) is 58.2 Å². The summed E-state index contributed by atoms with van der Waals surface area (Å²) in [4.78, 5) is 24.1.